The Kier molecular flexibility index (Phi) is 4.08. The molecule has 1 aromatic carbocycles. The van der Waals surface area contributed by atoms with Crippen LogP contribution in [0.1, 0.15) is 33.1 Å². The molecule has 1 aromatic rings. The normalized spacial score (nSPS) is 29.1. The summed E-state index contributed by atoms with van der Waals surface area (Å²) in [5.41, 5.74) is 0.885. The fraction of sp³-hybridized carbons (Fsp3) is 0.571. The lowest BCUT2D eigenvalue weighted by Crippen LogP contribution is -2.37. The van der Waals surface area contributed by atoms with E-state index < -0.39 is 0 Å². The van der Waals surface area contributed by atoms with Crippen molar-refractivity contribution in [2.75, 3.05) is 5.32 Å². The monoisotopic (exact) mass is 299 g/mol. The Hall–Kier alpha value is -0.570. The molecule has 0 radical (unpaired) electrons. The highest BCUT2D eigenvalue weighted by molar-refractivity contribution is 9.10. The summed E-state index contributed by atoms with van der Waals surface area (Å²) in [6, 6.07) is 5.72. The molecule has 0 aromatic heterocycles. The predicted octanol–water partition coefficient (Wildman–Crippen LogP) is 4.82. The number of benzene rings is 1. The Labute approximate surface area is 111 Å². The molecule has 3 heteroatoms. The molecule has 0 spiro atoms. The van der Waals surface area contributed by atoms with Gasteiger partial charge in [-0.25, -0.2) is 4.39 Å². The maximum Gasteiger partial charge on any atom is 0.139 e. The van der Waals surface area contributed by atoms with Gasteiger partial charge >= 0.3 is 0 Å². The molecule has 0 saturated heterocycles. The van der Waals surface area contributed by atoms with Crippen molar-refractivity contribution in [2.24, 2.45) is 11.8 Å². The first kappa shape index (κ1) is 12.9. The minimum Gasteiger partial charge on any atom is -0.382 e. The third-order valence-corrected chi connectivity index (χ3v) is 4.44. The quantitative estimate of drug-likeness (QED) is 0.825. The molecule has 0 heterocycles. The minimum absolute atomic E-state index is 0.203. The van der Waals surface area contributed by atoms with Crippen molar-refractivity contribution in [1.82, 2.24) is 0 Å². The van der Waals surface area contributed by atoms with Crippen LogP contribution in [0.5, 0.6) is 0 Å². The first-order valence-corrected chi connectivity index (χ1v) is 7.09. The SMILES string of the molecule is CC1CCCC(C)C1Nc1ccc(Br)c(F)c1. The number of hydrogen-bond donors (Lipinski definition) is 1. The van der Waals surface area contributed by atoms with E-state index in [1.54, 1.807) is 12.1 Å². The van der Waals surface area contributed by atoms with E-state index in [1.807, 2.05) is 6.07 Å². The molecular weight excluding hydrogens is 281 g/mol. The predicted molar refractivity (Wildman–Crippen MR) is 73.7 cm³/mol. The van der Waals surface area contributed by atoms with Gasteiger partial charge < -0.3 is 5.32 Å². The summed E-state index contributed by atoms with van der Waals surface area (Å²) < 4.78 is 14.0. The molecule has 17 heavy (non-hydrogen) atoms. The van der Waals surface area contributed by atoms with Crippen LogP contribution in [0, 0.1) is 17.7 Å². The highest BCUT2D eigenvalue weighted by Gasteiger charge is 2.27. The van der Waals surface area contributed by atoms with Crippen molar-refractivity contribution in [3.63, 3.8) is 0 Å². The van der Waals surface area contributed by atoms with Gasteiger partial charge in [-0.15, -0.1) is 0 Å². The molecule has 2 rings (SSSR count). The third-order valence-electron chi connectivity index (χ3n) is 3.80. The zero-order valence-corrected chi connectivity index (χ0v) is 11.9. The zero-order valence-electron chi connectivity index (χ0n) is 10.3. The van der Waals surface area contributed by atoms with E-state index in [4.69, 9.17) is 0 Å². The van der Waals surface area contributed by atoms with Gasteiger partial charge in [0.2, 0.25) is 0 Å². The summed E-state index contributed by atoms with van der Waals surface area (Å²) in [5.74, 6) is 1.11. The number of hydrogen-bond acceptors (Lipinski definition) is 1. The average molecular weight is 300 g/mol. The Morgan fingerprint density at radius 3 is 2.47 bits per heavy atom. The Morgan fingerprint density at radius 2 is 1.88 bits per heavy atom. The largest absolute Gasteiger partial charge is 0.382 e. The first-order valence-electron chi connectivity index (χ1n) is 6.29. The molecule has 0 bridgehead atoms. The Bertz CT molecular complexity index is 384. The van der Waals surface area contributed by atoms with Crippen LogP contribution in [0.4, 0.5) is 10.1 Å². The van der Waals surface area contributed by atoms with Gasteiger partial charge in [-0.1, -0.05) is 20.3 Å². The first-order chi connectivity index (χ1) is 8.08. The molecule has 0 amide bonds. The molecule has 1 saturated carbocycles. The van der Waals surface area contributed by atoms with Gasteiger partial charge in [0.15, 0.2) is 0 Å². The molecule has 1 aliphatic rings. The van der Waals surface area contributed by atoms with E-state index in [-0.39, 0.29) is 5.82 Å². The fourth-order valence-corrected chi connectivity index (χ4v) is 2.99. The van der Waals surface area contributed by atoms with Crippen LogP contribution in [0.2, 0.25) is 0 Å². The van der Waals surface area contributed by atoms with Gasteiger partial charge in [-0.2, -0.15) is 0 Å². The van der Waals surface area contributed by atoms with E-state index in [0.717, 1.165) is 5.69 Å². The molecule has 1 aliphatic carbocycles. The second-order valence-electron chi connectivity index (χ2n) is 5.18. The summed E-state index contributed by atoms with van der Waals surface area (Å²) in [7, 11) is 0. The molecule has 94 valence electrons. The third kappa shape index (κ3) is 3.01. The second-order valence-corrected chi connectivity index (χ2v) is 6.04. The van der Waals surface area contributed by atoms with Gasteiger partial charge in [0.25, 0.3) is 0 Å². The standard InChI is InChI=1S/C14H19BrFN/c1-9-4-3-5-10(2)14(9)17-11-6-7-12(15)13(16)8-11/h6-10,14,17H,3-5H2,1-2H3. The molecule has 1 fully saturated rings. The summed E-state index contributed by atoms with van der Waals surface area (Å²) in [6.07, 6.45) is 3.84. The van der Waals surface area contributed by atoms with Crippen LogP contribution in [-0.2, 0) is 0 Å². The summed E-state index contributed by atoms with van der Waals surface area (Å²) in [4.78, 5) is 0. The zero-order chi connectivity index (χ0) is 12.4. The van der Waals surface area contributed by atoms with Crippen LogP contribution >= 0.6 is 15.9 Å². The van der Waals surface area contributed by atoms with E-state index in [2.05, 4.69) is 35.1 Å². The van der Waals surface area contributed by atoms with Crippen LogP contribution in [0.3, 0.4) is 0 Å². The van der Waals surface area contributed by atoms with Gasteiger partial charge in [0, 0.05) is 11.7 Å². The lowest BCUT2D eigenvalue weighted by molar-refractivity contribution is 0.268. The van der Waals surface area contributed by atoms with Gasteiger partial charge in [0.05, 0.1) is 4.47 Å². The van der Waals surface area contributed by atoms with Crippen molar-refractivity contribution < 1.29 is 4.39 Å². The summed E-state index contributed by atoms with van der Waals surface area (Å²) in [6.45, 7) is 4.56. The van der Waals surface area contributed by atoms with Crippen molar-refractivity contribution in [2.45, 2.75) is 39.2 Å². The van der Waals surface area contributed by atoms with E-state index in [0.29, 0.717) is 22.4 Å². The Balaban J connectivity index is 2.10. The highest BCUT2D eigenvalue weighted by atomic mass is 79.9. The van der Waals surface area contributed by atoms with Gasteiger partial charge in [0.1, 0.15) is 5.82 Å². The smallest absolute Gasteiger partial charge is 0.139 e. The number of nitrogens with one attached hydrogen (secondary N) is 1. The molecule has 1 nitrogen and oxygen atoms in total. The maximum atomic E-state index is 13.4. The number of rotatable bonds is 2. The fourth-order valence-electron chi connectivity index (χ4n) is 2.74. The minimum atomic E-state index is -0.203. The van der Waals surface area contributed by atoms with Crippen molar-refractivity contribution in [1.29, 1.82) is 0 Å². The van der Waals surface area contributed by atoms with E-state index in [1.165, 1.54) is 19.3 Å². The average Bonchev–Trinajstić information content (AvgIpc) is 2.28. The lowest BCUT2D eigenvalue weighted by Gasteiger charge is -2.35. The molecule has 2 atom stereocenters. The van der Waals surface area contributed by atoms with Crippen molar-refractivity contribution in [3.05, 3.63) is 28.5 Å². The molecule has 0 aliphatic heterocycles. The van der Waals surface area contributed by atoms with Crippen molar-refractivity contribution in [3.8, 4) is 0 Å². The summed E-state index contributed by atoms with van der Waals surface area (Å²) >= 11 is 3.18. The van der Waals surface area contributed by atoms with Crippen LogP contribution < -0.4 is 5.32 Å². The van der Waals surface area contributed by atoms with Crippen molar-refractivity contribution >= 4 is 21.6 Å². The Morgan fingerprint density at radius 1 is 1.24 bits per heavy atom. The number of halogens is 2. The van der Waals surface area contributed by atoms with Crippen LogP contribution in [0.15, 0.2) is 22.7 Å². The van der Waals surface area contributed by atoms with Crippen LogP contribution in [-0.4, -0.2) is 6.04 Å². The van der Waals surface area contributed by atoms with Gasteiger partial charge in [-0.05, 0) is 58.8 Å². The van der Waals surface area contributed by atoms with Gasteiger partial charge in [-0.3, -0.25) is 0 Å². The van der Waals surface area contributed by atoms with Crippen LogP contribution in [0.25, 0.3) is 0 Å². The lowest BCUT2D eigenvalue weighted by atomic mass is 9.78. The number of anilines is 1. The second kappa shape index (κ2) is 5.38. The summed E-state index contributed by atoms with van der Waals surface area (Å²) in [5, 5.41) is 3.49. The van der Waals surface area contributed by atoms with E-state index in [9.17, 15) is 4.39 Å². The molecule has 2 unspecified atom stereocenters. The topological polar surface area (TPSA) is 12.0 Å². The molecule has 1 N–H and O–H groups in total. The maximum absolute atomic E-state index is 13.4. The van der Waals surface area contributed by atoms with E-state index >= 15 is 0 Å². The molecular formula is C14H19BrFN. The highest BCUT2D eigenvalue weighted by Crippen LogP contribution is 2.31.